The van der Waals surface area contributed by atoms with Crippen LogP contribution in [0.3, 0.4) is 0 Å². The molecule has 1 N–H and O–H groups in total. The quantitative estimate of drug-likeness (QED) is 0.795. The highest BCUT2D eigenvalue weighted by atomic mass is 35.5. The van der Waals surface area contributed by atoms with Crippen LogP contribution in [0, 0.1) is 6.92 Å². The summed E-state index contributed by atoms with van der Waals surface area (Å²) in [5.74, 6) is -0.290. The molecule has 0 saturated heterocycles. The molecule has 0 spiro atoms. The minimum atomic E-state index is -0.669. The van der Waals surface area contributed by atoms with Gasteiger partial charge < -0.3 is 19.5 Å². The van der Waals surface area contributed by atoms with Gasteiger partial charge in [-0.05, 0) is 36.8 Å². The fourth-order valence-corrected chi connectivity index (χ4v) is 2.28. The van der Waals surface area contributed by atoms with E-state index in [0.717, 1.165) is 5.56 Å². The summed E-state index contributed by atoms with van der Waals surface area (Å²) in [6, 6.07) is 9.84. The molecule has 132 valence electrons. The zero-order valence-electron chi connectivity index (χ0n) is 14.1. The molecule has 0 aliphatic rings. The molecule has 25 heavy (non-hydrogen) atoms. The summed E-state index contributed by atoms with van der Waals surface area (Å²) in [7, 11) is 2.94. The standard InChI is InChI=1S/C18H18ClNO5/c1-11-14(19)5-4-6-15(11)20-17(21)10-25-18(22)13-8-7-12(23-2)9-16(13)24-3/h4-9H,10H2,1-3H3,(H,20,21). The Balaban J connectivity index is 2.00. The van der Waals surface area contributed by atoms with Crippen LogP contribution in [-0.2, 0) is 9.53 Å². The van der Waals surface area contributed by atoms with Crippen LogP contribution in [0.2, 0.25) is 5.02 Å². The molecule has 0 aromatic heterocycles. The van der Waals surface area contributed by atoms with Crippen molar-refractivity contribution in [2.24, 2.45) is 0 Å². The van der Waals surface area contributed by atoms with Crippen molar-refractivity contribution < 1.29 is 23.8 Å². The lowest BCUT2D eigenvalue weighted by Gasteiger charge is -2.11. The zero-order chi connectivity index (χ0) is 18.4. The fourth-order valence-electron chi connectivity index (χ4n) is 2.11. The maximum atomic E-state index is 12.2. The molecule has 0 aliphatic heterocycles. The largest absolute Gasteiger partial charge is 0.497 e. The summed E-state index contributed by atoms with van der Waals surface area (Å²) in [4.78, 5) is 24.1. The first-order valence-corrected chi connectivity index (χ1v) is 7.78. The average molecular weight is 364 g/mol. The van der Waals surface area contributed by atoms with E-state index in [1.54, 1.807) is 37.3 Å². The van der Waals surface area contributed by atoms with Gasteiger partial charge in [0, 0.05) is 16.8 Å². The Morgan fingerprint density at radius 3 is 2.56 bits per heavy atom. The Hall–Kier alpha value is -2.73. The number of anilines is 1. The van der Waals surface area contributed by atoms with Gasteiger partial charge >= 0.3 is 5.97 Å². The van der Waals surface area contributed by atoms with Gasteiger partial charge in [0.25, 0.3) is 5.91 Å². The summed E-state index contributed by atoms with van der Waals surface area (Å²) in [6.45, 7) is 1.35. The molecule has 0 aliphatic carbocycles. The van der Waals surface area contributed by atoms with E-state index < -0.39 is 18.5 Å². The molecule has 2 aromatic rings. The van der Waals surface area contributed by atoms with Gasteiger partial charge in [-0.25, -0.2) is 4.79 Å². The number of rotatable bonds is 6. The predicted molar refractivity (Wildman–Crippen MR) is 94.6 cm³/mol. The smallest absolute Gasteiger partial charge is 0.342 e. The molecule has 0 atom stereocenters. The molecule has 6 nitrogen and oxygen atoms in total. The van der Waals surface area contributed by atoms with Gasteiger partial charge in [-0.1, -0.05) is 17.7 Å². The molecule has 0 saturated carbocycles. The third kappa shape index (κ3) is 4.64. The highest BCUT2D eigenvalue weighted by molar-refractivity contribution is 6.31. The lowest BCUT2D eigenvalue weighted by atomic mass is 10.2. The first-order chi connectivity index (χ1) is 12.0. The number of ether oxygens (including phenoxy) is 3. The van der Waals surface area contributed by atoms with Crippen molar-refractivity contribution in [1.82, 2.24) is 0 Å². The molecule has 2 rings (SSSR count). The van der Waals surface area contributed by atoms with Gasteiger partial charge in [-0.3, -0.25) is 4.79 Å². The van der Waals surface area contributed by atoms with E-state index in [1.807, 2.05) is 0 Å². The van der Waals surface area contributed by atoms with Crippen molar-refractivity contribution >= 4 is 29.2 Å². The van der Waals surface area contributed by atoms with Crippen molar-refractivity contribution in [3.05, 3.63) is 52.5 Å². The first kappa shape index (κ1) is 18.6. The number of carbonyl (C=O) groups excluding carboxylic acids is 2. The number of hydrogen-bond donors (Lipinski definition) is 1. The van der Waals surface area contributed by atoms with E-state index in [2.05, 4.69) is 5.32 Å². The van der Waals surface area contributed by atoms with Gasteiger partial charge in [-0.2, -0.15) is 0 Å². The zero-order valence-corrected chi connectivity index (χ0v) is 14.8. The summed E-state index contributed by atoms with van der Waals surface area (Å²) >= 11 is 6.00. The number of amides is 1. The monoisotopic (exact) mass is 363 g/mol. The van der Waals surface area contributed by atoms with Crippen LogP contribution in [0.4, 0.5) is 5.69 Å². The molecule has 0 radical (unpaired) electrons. The summed E-state index contributed by atoms with van der Waals surface area (Å²) in [6.07, 6.45) is 0. The summed E-state index contributed by atoms with van der Waals surface area (Å²) in [5, 5.41) is 3.19. The number of benzene rings is 2. The number of hydrogen-bond acceptors (Lipinski definition) is 5. The highest BCUT2D eigenvalue weighted by Gasteiger charge is 2.16. The third-order valence-corrected chi connectivity index (χ3v) is 3.91. The molecule has 2 aromatic carbocycles. The van der Waals surface area contributed by atoms with Crippen LogP contribution in [0.25, 0.3) is 0 Å². The van der Waals surface area contributed by atoms with Crippen LogP contribution in [0.1, 0.15) is 15.9 Å². The average Bonchev–Trinajstić information content (AvgIpc) is 2.62. The Kier molecular flexibility index (Phi) is 6.25. The topological polar surface area (TPSA) is 73.9 Å². The maximum Gasteiger partial charge on any atom is 0.342 e. The van der Waals surface area contributed by atoms with E-state index in [4.69, 9.17) is 25.8 Å². The molecule has 0 unspecified atom stereocenters. The second-order valence-corrected chi connectivity index (χ2v) is 5.51. The lowest BCUT2D eigenvalue weighted by molar-refractivity contribution is -0.119. The van der Waals surface area contributed by atoms with Crippen molar-refractivity contribution in [1.29, 1.82) is 0 Å². The number of halogens is 1. The van der Waals surface area contributed by atoms with E-state index in [9.17, 15) is 9.59 Å². The molecule has 7 heteroatoms. The Morgan fingerprint density at radius 1 is 1.12 bits per heavy atom. The molecule has 0 bridgehead atoms. The number of nitrogens with one attached hydrogen (secondary N) is 1. The van der Waals surface area contributed by atoms with Crippen molar-refractivity contribution in [3.63, 3.8) is 0 Å². The van der Waals surface area contributed by atoms with Crippen LogP contribution in [0.15, 0.2) is 36.4 Å². The maximum absolute atomic E-state index is 12.2. The highest BCUT2D eigenvalue weighted by Crippen LogP contribution is 2.25. The summed E-state index contributed by atoms with van der Waals surface area (Å²) in [5.41, 5.74) is 1.51. The molecular formula is C18H18ClNO5. The second kappa shape index (κ2) is 8.39. The van der Waals surface area contributed by atoms with Gasteiger partial charge in [0.15, 0.2) is 6.61 Å². The van der Waals surface area contributed by atoms with E-state index in [-0.39, 0.29) is 5.56 Å². The van der Waals surface area contributed by atoms with Crippen LogP contribution in [0.5, 0.6) is 11.5 Å². The lowest BCUT2D eigenvalue weighted by Crippen LogP contribution is -2.21. The third-order valence-electron chi connectivity index (χ3n) is 3.50. The van der Waals surface area contributed by atoms with Crippen LogP contribution >= 0.6 is 11.6 Å². The van der Waals surface area contributed by atoms with E-state index >= 15 is 0 Å². The number of carbonyl (C=O) groups is 2. The number of methoxy groups -OCH3 is 2. The van der Waals surface area contributed by atoms with Crippen LogP contribution < -0.4 is 14.8 Å². The fraction of sp³-hybridized carbons (Fsp3) is 0.222. The molecule has 0 heterocycles. The normalized spacial score (nSPS) is 10.1. The van der Waals surface area contributed by atoms with Crippen molar-refractivity contribution in [2.75, 3.05) is 26.1 Å². The van der Waals surface area contributed by atoms with Gasteiger partial charge in [0.1, 0.15) is 17.1 Å². The van der Waals surface area contributed by atoms with E-state index in [1.165, 1.54) is 20.3 Å². The SMILES string of the molecule is COc1ccc(C(=O)OCC(=O)Nc2cccc(Cl)c2C)c(OC)c1. The first-order valence-electron chi connectivity index (χ1n) is 7.40. The van der Waals surface area contributed by atoms with Crippen molar-refractivity contribution in [2.45, 2.75) is 6.92 Å². The molecule has 1 amide bonds. The minimum absolute atomic E-state index is 0.204. The van der Waals surface area contributed by atoms with Gasteiger partial charge in [0.05, 0.1) is 14.2 Å². The Bertz CT molecular complexity index is 791. The molecule has 0 fully saturated rings. The Morgan fingerprint density at radius 2 is 1.88 bits per heavy atom. The summed E-state index contributed by atoms with van der Waals surface area (Å²) < 4.78 is 15.3. The van der Waals surface area contributed by atoms with Crippen molar-refractivity contribution in [3.8, 4) is 11.5 Å². The minimum Gasteiger partial charge on any atom is -0.497 e. The van der Waals surface area contributed by atoms with Gasteiger partial charge in [-0.15, -0.1) is 0 Å². The number of esters is 1. The van der Waals surface area contributed by atoms with E-state index in [0.29, 0.717) is 22.2 Å². The Labute approximate surface area is 150 Å². The second-order valence-electron chi connectivity index (χ2n) is 5.10. The molecular weight excluding hydrogens is 346 g/mol. The van der Waals surface area contributed by atoms with Crippen LogP contribution in [-0.4, -0.2) is 32.7 Å². The predicted octanol–water partition coefficient (Wildman–Crippen LogP) is 3.46. The van der Waals surface area contributed by atoms with Gasteiger partial charge in [0.2, 0.25) is 0 Å².